The number of carboxylic acid groups (broad SMARTS) is 1. The van der Waals surface area contributed by atoms with E-state index >= 15 is 0 Å². The number of aliphatic carboxylic acids is 1. The van der Waals surface area contributed by atoms with Gasteiger partial charge in [0.15, 0.2) is 5.96 Å². The predicted molar refractivity (Wildman–Crippen MR) is 95.2 cm³/mol. The van der Waals surface area contributed by atoms with Crippen LogP contribution in [-0.4, -0.2) is 41.4 Å². The quantitative estimate of drug-likeness (QED) is 0.285. The third kappa shape index (κ3) is 15.4. The lowest BCUT2D eigenvalue weighted by molar-refractivity contribution is -0.137. The first-order valence-electron chi connectivity index (χ1n) is 9.56. The SMILES string of the molecule is Cl.[2H]C([2H])([2H])N(CC(=O)O)C(=N)NC(=O)CCCCCCCCCCC. The van der Waals surface area contributed by atoms with Crippen molar-refractivity contribution in [2.45, 2.75) is 71.1 Å². The number of halogens is 1. The second-order valence-electron chi connectivity index (χ2n) is 5.46. The highest BCUT2D eigenvalue weighted by Gasteiger charge is 2.11. The van der Waals surface area contributed by atoms with E-state index in [-0.39, 0.29) is 18.8 Å². The lowest BCUT2D eigenvalue weighted by atomic mass is 10.1. The minimum absolute atomic E-state index is 0. The van der Waals surface area contributed by atoms with Gasteiger partial charge in [0, 0.05) is 17.5 Å². The third-order valence-electron chi connectivity index (χ3n) is 3.33. The maximum atomic E-state index is 11.8. The average Bonchev–Trinajstić information content (AvgIpc) is 2.49. The largest absolute Gasteiger partial charge is 0.480 e. The van der Waals surface area contributed by atoms with E-state index in [4.69, 9.17) is 14.6 Å². The van der Waals surface area contributed by atoms with Gasteiger partial charge in [0.1, 0.15) is 6.54 Å². The van der Waals surface area contributed by atoms with Crippen LogP contribution in [0.2, 0.25) is 0 Å². The number of nitrogens with zero attached hydrogens (tertiary/aromatic N) is 1. The molecule has 0 spiro atoms. The van der Waals surface area contributed by atoms with E-state index in [0.717, 1.165) is 19.3 Å². The van der Waals surface area contributed by atoms with Gasteiger partial charge < -0.3 is 10.0 Å². The monoisotopic (exact) mass is 352 g/mol. The number of guanidine groups is 1. The highest BCUT2D eigenvalue weighted by Crippen LogP contribution is 2.10. The zero-order chi connectivity index (χ0) is 19.3. The summed E-state index contributed by atoms with van der Waals surface area (Å²) >= 11 is 0. The van der Waals surface area contributed by atoms with Crippen LogP contribution in [0.1, 0.15) is 75.2 Å². The molecule has 136 valence electrons. The molecule has 0 fully saturated rings. The van der Waals surface area contributed by atoms with Gasteiger partial charge in [-0.25, -0.2) is 0 Å². The number of rotatable bonds is 12. The van der Waals surface area contributed by atoms with Crippen LogP contribution in [0.4, 0.5) is 0 Å². The van der Waals surface area contributed by atoms with Crippen molar-refractivity contribution in [1.29, 1.82) is 5.41 Å². The molecule has 0 aliphatic rings. The zero-order valence-corrected chi connectivity index (χ0v) is 14.7. The summed E-state index contributed by atoms with van der Waals surface area (Å²) in [5, 5.41) is 18.5. The van der Waals surface area contributed by atoms with Crippen molar-refractivity contribution < 1.29 is 18.8 Å². The molecule has 7 heteroatoms. The van der Waals surface area contributed by atoms with E-state index in [1.807, 2.05) is 0 Å². The van der Waals surface area contributed by atoms with Crippen LogP contribution >= 0.6 is 12.4 Å². The van der Waals surface area contributed by atoms with E-state index < -0.39 is 31.4 Å². The molecule has 0 rings (SSSR count). The summed E-state index contributed by atoms with van der Waals surface area (Å²) in [6, 6.07) is 0. The lowest BCUT2D eigenvalue weighted by Gasteiger charge is -2.17. The number of carbonyl (C=O) groups excluding carboxylic acids is 1. The maximum absolute atomic E-state index is 11.8. The summed E-state index contributed by atoms with van der Waals surface area (Å²) in [4.78, 5) is 22.8. The standard InChI is InChI=1S/C16H31N3O3.ClH/c1-3-4-5-6-7-8-9-10-11-12-14(20)18-16(17)19(2)13-15(21)22;/h3-13H2,1-2H3,(H,21,22)(H2,17,18,20);1H/i2D3;. The molecule has 0 bridgehead atoms. The van der Waals surface area contributed by atoms with E-state index in [1.54, 1.807) is 0 Å². The maximum Gasteiger partial charge on any atom is 0.323 e. The Morgan fingerprint density at radius 2 is 1.61 bits per heavy atom. The molecule has 0 aromatic rings. The molecule has 0 radical (unpaired) electrons. The number of amides is 1. The summed E-state index contributed by atoms with van der Waals surface area (Å²) in [7, 11) is 0. The normalized spacial score (nSPS) is 12.3. The fraction of sp³-hybridized carbons (Fsp3) is 0.812. The molecule has 0 saturated heterocycles. The Balaban J connectivity index is 0. The molecular weight excluding hydrogens is 318 g/mol. The minimum atomic E-state index is -2.79. The van der Waals surface area contributed by atoms with Gasteiger partial charge in [0.05, 0.1) is 0 Å². The van der Waals surface area contributed by atoms with Gasteiger partial charge in [-0.05, 0) is 6.42 Å². The third-order valence-corrected chi connectivity index (χ3v) is 3.33. The fourth-order valence-corrected chi connectivity index (χ4v) is 2.07. The molecule has 3 N–H and O–H groups in total. The summed E-state index contributed by atoms with van der Waals surface area (Å²) < 4.78 is 21.7. The van der Waals surface area contributed by atoms with E-state index in [0.29, 0.717) is 11.3 Å². The van der Waals surface area contributed by atoms with Crippen molar-refractivity contribution in [3.63, 3.8) is 0 Å². The van der Waals surface area contributed by atoms with E-state index in [2.05, 4.69) is 12.2 Å². The zero-order valence-electron chi connectivity index (χ0n) is 16.9. The number of hydrogen-bond acceptors (Lipinski definition) is 3. The Morgan fingerprint density at radius 3 is 2.09 bits per heavy atom. The van der Waals surface area contributed by atoms with Gasteiger partial charge in [-0.3, -0.25) is 20.3 Å². The Hall–Kier alpha value is -1.30. The van der Waals surface area contributed by atoms with Crippen LogP contribution in [0, 0.1) is 5.41 Å². The highest BCUT2D eigenvalue weighted by molar-refractivity contribution is 5.96. The molecule has 0 unspecified atom stereocenters. The molecule has 0 heterocycles. The molecule has 0 atom stereocenters. The van der Waals surface area contributed by atoms with Crippen molar-refractivity contribution in [3.8, 4) is 0 Å². The summed E-state index contributed by atoms with van der Waals surface area (Å²) in [5.74, 6) is -2.55. The van der Waals surface area contributed by atoms with Crippen LogP contribution in [0.15, 0.2) is 0 Å². The van der Waals surface area contributed by atoms with Crippen molar-refractivity contribution in [1.82, 2.24) is 10.2 Å². The molecule has 1 amide bonds. The molecule has 6 nitrogen and oxygen atoms in total. The van der Waals surface area contributed by atoms with Gasteiger partial charge in [-0.15, -0.1) is 12.4 Å². The summed E-state index contributed by atoms with van der Waals surface area (Å²) in [5.41, 5.74) is 0. The highest BCUT2D eigenvalue weighted by atomic mass is 35.5. The Morgan fingerprint density at radius 1 is 1.09 bits per heavy atom. The number of carboxylic acids is 1. The van der Waals surface area contributed by atoms with E-state index in [1.165, 1.54) is 32.1 Å². The molecule has 0 saturated carbocycles. The molecule has 0 aliphatic heterocycles. The van der Waals surface area contributed by atoms with Gasteiger partial charge in [0.25, 0.3) is 0 Å². The molecule has 0 aliphatic carbocycles. The Labute approximate surface area is 150 Å². The number of nitrogens with one attached hydrogen (secondary N) is 2. The number of carbonyl (C=O) groups is 2. The molecular formula is C16H32ClN3O3. The summed E-state index contributed by atoms with van der Waals surface area (Å²) in [6.45, 7) is -1.47. The second-order valence-corrected chi connectivity index (χ2v) is 5.46. The Bertz CT molecular complexity index is 435. The first-order chi connectivity index (χ1) is 11.7. The molecule has 23 heavy (non-hydrogen) atoms. The Kier molecular flexibility index (Phi) is 12.2. The van der Waals surface area contributed by atoms with E-state index in [9.17, 15) is 9.59 Å². The smallest absolute Gasteiger partial charge is 0.323 e. The van der Waals surface area contributed by atoms with Crippen LogP contribution in [-0.2, 0) is 9.59 Å². The van der Waals surface area contributed by atoms with Crippen molar-refractivity contribution in [2.24, 2.45) is 0 Å². The number of likely N-dealkylation sites (N-methyl/N-ethyl adjacent to an activating group) is 1. The molecule has 0 aromatic carbocycles. The minimum Gasteiger partial charge on any atom is -0.480 e. The fourth-order valence-electron chi connectivity index (χ4n) is 2.07. The lowest BCUT2D eigenvalue weighted by Crippen LogP contribution is -2.43. The first kappa shape index (κ1) is 18.0. The summed E-state index contributed by atoms with van der Waals surface area (Å²) in [6.07, 6.45) is 10.2. The van der Waals surface area contributed by atoms with Crippen LogP contribution in [0.3, 0.4) is 0 Å². The van der Waals surface area contributed by atoms with Gasteiger partial charge >= 0.3 is 5.97 Å². The average molecular weight is 353 g/mol. The van der Waals surface area contributed by atoms with Crippen LogP contribution in [0.25, 0.3) is 0 Å². The van der Waals surface area contributed by atoms with Crippen LogP contribution in [0.5, 0.6) is 0 Å². The first-order valence-corrected chi connectivity index (χ1v) is 8.06. The number of unbranched alkanes of at least 4 members (excludes halogenated alkanes) is 8. The number of hydrogen-bond donors (Lipinski definition) is 3. The van der Waals surface area contributed by atoms with Crippen molar-refractivity contribution in [3.05, 3.63) is 0 Å². The molecule has 0 aromatic heterocycles. The van der Waals surface area contributed by atoms with Crippen molar-refractivity contribution in [2.75, 3.05) is 13.5 Å². The van der Waals surface area contributed by atoms with Gasteiger partial charge in [-0.2, -0.15) is 0 Å². The van der Waals surface area contributed by atoms with Crippen molar-refractivity contribution >= 4 is 30.2 Å². The van der Waals surface area contributed by atoms with Gasteiger partial charge in [0.2, 0.25) is 5.91 Å². The topological polar surface area (TPSA) is 93.5 Å². The van der Waals surface area contributed by atoms with Crippen LogP contribution < -0.4 is 5.32 Å². The predicted octanol–water partition coefficient (Wildman–Crippen LogP) is 3.40. The van der Waals surface area contributed by atoms with Gasteiger partial charge in [-0.1, -0.05) is 58.3 Å². The second kappa shape index (κ2) is 15.6.